The number of aryl methyl sites for hydroxylation is 1. The van der Waals surface area contributed by atoms with Crippen molar-refractivity contribution in [1.29, 1.82) is 0 Å². The number of hydrogen-bond acceptors (Lipinski definition) is 2. The highest BCUT2D eigenvalue weighted by Crippen LogP contribution is 2.19. The second kappa shape index (κ2) is 5.83. The molecule has 1 aromatic carbocycles. The summed E-state index contributed by atoms with van der Waals surface area (Å²) in [6.07, 6.45) is 0. The highest BCUT2D eigenvalue weighted by molar-refractivity contribution is 6.03. The Hall–Kier alpha value is -2.56. The van der Waals surface area contributed by atoms with Crippen LogP contribution in [0.3, 0.4) is 0 Å². The molecule has 0 aliphatic carbocycles. The second-order valence-corrected chi connectivity index (χ2v) is 5.06. The fourth-order valence-electron chi connectivity index (χ4n) is 2.03. The first-order chi connectivity index (χ1) is 9.90. The number of aliphatic carboxylic acids is 1. The average molecular weight is 286 g/mol. The molecule has 5 heteroatoms. The zero-order valence-electron chi connectivity index (χ0n) is 12.3. The standard InChI is InChI=1S/C16H18N2O3/c1-10-4-9-14(18(10)3)15(19)17-13-7-5-12(6-8-13)11(2)16(20)21/h4-9,11H,1-3H3,(H,17,19)(H,20,21). The Bertz CT molecular complexity index is 671. The SMILES string of the molecule is Cc1ccc(C(=O)Nc2ccc(C(C)C(=O)O)cc2)n1C. The van der Waals surface area contributed by atoms with Gasteiger partial charge in [-0.3, -0.25) is 9.59 Å². The summed E-state index contributed by atoms with van der Waals surface area (Å²) in [5, 5.41) is 11.8. The van der Waals surface area contributed by atoms with Crippen LogP contribution < -0.4 is 5.32 Å². The van der Waals surface area contributed by atoms with E-state index < -0.39 is 11.9 Å². The van der Waals surface area contributed by atoms with Crippen LogP contribution in [0.5, 0.6) is 0 Å². The van der Waals surface area contributed by atoms with Gasteiger partial charge in [-0.15, -0.1) is 0 Å². The maximum Gasteiger partial charge on any atom is 0.310 e. The molecule has 2 rings (SSSR count). The summed E-state index contributed by atoms with van der Waals surface area (Å²) < 4.78 is 1.82. The van der Waals surface area contributed by atoms with E-state index in [0.29, 0.717) is 16.9 Å². The lowest BCUT2D eigenvalue weighted by Gasteiger charge is -2.10. The Balaban J connectivity index is 2.12. The van der Waals surface area contributed by atoms with Crippen molar-refractivity contribution < 1.29 is 14.7 Å². The Morgan fingerprint density at radius 2 is 1.76 bits per heavy atom. The lowest BCUT2D eigenvalue weighted by Crippen LogP contribution is -2.16. The third kappa shape index (κ3) is 3.13. The molecule has 5 nitrogen and oxygen atoms in total. The molecule has 0 bridgehead atoms. The number of hydrogen-bond donors (Lipinski definition) is 2. The number of carboxylic acid groups (broad SMARTS) is 1. The van der Waals surface area contributed by atoms with Gasteiger partial charge < -0.3 is 15.0 Å². The summed E-state index contributed by atoms with van der Waals surface area (Å²) >= 11 is 0. The van der Waals surface area contributed by atoms with Gasteiger partial charge in [-0.2, -0.15) is 0 Å². The Morgan fingerprint density at radius 3 is 2.24 bits per heavy atom. The summed E-state index contributed by atoms with van der Waals surface area (Å²) in [6, 6.07) is 10.5. The Labute approximate surface area is 123 Å². The minimum absolute atomic E-state index is 0.190. The van der Waals surface area contributed by atoms with Crippen LogP contribution in [0.1, 0.15) is 34.6 Å². The van der Waals surface area contributed by atoms with Crippen LogP contribution in [0.15, 0.2) is 36.4 Å². The van der Waals surface area contributed by atoms with Gasteiger partial charge in [0.05, 0.1) is 5.92 Å². The number of aromatic nitrogens is 1. The quantitative estimate of drug-likeness (QED) is 0.907. The van der Waals surface area contributed by atoms with Gasteiger partial charge in [0, 0.05) is 18.4 Å². The summed E-state index contributed by atoms with van der Waals surface area (Å²) in [4.78, 5) is 23.1. The monoisotopic (exact) mass is 286 g/mol. The normalized spacial score (nSPS) is 12.0. The minimum atomic E-state index is -0.869. The number of rotatable bonds is 4. The maximum atomic E-state index is 12.1. The van der Waals surface area contributed by atoms with Gasteiger partial charge in [-0.1, -0.05) is 12.1 Å². The van der Waals surface area contributed by atoms with Crippen molar-refractivity contribution in [3.8, 4) is 0 Å². The zero-order chi connectivity index (χ0) is 15.6. The van der Waals surface area contributed by atoms with Crippen LogP contribution in [0.2, 0.25) is 0 Å². The van der Waals surface area contributed by atoms with Gasteiger partial charge in [-0.05, 0) is 43.7 Å². The number of carboxylic acids is 1. The summed E-state index contributed by atoms with van der Waals surface area (Å²) in [7, 11) is 1.84. The summed E-state index contributed by atoms with van der Waals surface area (Å²) in [5.41, 5.74) is 2.93. The molecule has 21 heavy (non-hydrogen) atoms. The van der Waals surface area contributed by atoms with E-state index in [4.69, 9.17) is 5.11 Å². The smallest absolute Gasteiger partial charge is 0.310 e. The molecule has 1 heterocycles. The first-order valence-corrected chi connectivity index (χ1v) is 6.66. The zero-order valence-corrected chi connectivity index (χ0v) is 12.3. The van der Waals surface area contributed by atoms with Crippen LogP contribution in [0.25, 0.3) is 0 Å². The van der Waals surface area contributed by atoms with Crippen LogP contribution in [-0.2, 0) is 11.8 Å². The van der Waals surface area contributed by atoms with E-state index in [2.05, 4.69) is 5.32 Å². The molecule has 0 saturated heterocycles. The number of amides is 1. The van der Waals surface area contributed by atoms with E-state index in [0.717, 1.165) is 5.69 Å². The molecule has 0 saturated carbocycles. The fourth-order valence-corrected chi connectivity index (χ4v) is 2.03. The van der Waals surface area contributed by atoms with Crippen molar-refractivity contribution in [2.45, 2.75) is 19.8 Å². The number of carbonyl (C=O) groups is 2. The van der Waals surface area contributed by atoms with E-state index in [1.807, 2.05) is 24.6 Å². The second-order valence-electron chi connectivity index (χ2n) is 5.06. The summed E-state index contributed by atoms with van der Waals surface area (Å²) in [5.74, 6) is -1.62. The third-order valence-corrected chi connectivity index (χ3v) is 3.64. The van der Waals surface area contributed by atoms with Gasteiger partial charge in [0.25, 0.3) is 5.91 Å². The van der Waals surface area contributed by atoms with Crippen LogP contribution >= 0.6 is 0 Å². The van der Waals surface area contributed by atoms with E-state index >= 15 is 0 Å². The van der Waals surface area contributed by atoms with Crippen molar-refractivity contribution in [2.24, 2.45) is 7.05 Å². The number of anilines is 1. The van der Waals surface area contributed by atoms with E-state index in [-0.39, 0.29) is 5.91 Å². The van der Waals surface area contributed by atoms with Crippen LogP contribution in [-0.4, -0.2) is 21.6 Å². The van der Waals surface area contributed by atoms with E-state index in [1.165, 1.54) is 0 Å². The molecular weight excluding hydrogens is 268 g/mol. The molecular formula is C16H18N2O3. The van der Waals surface area contributed by atoms with Crippen molar-refractivity contribution in [3.05, 3.63) is 53.3 Å². The van der Waals surface area contributed by atoms with Crippen molar-refractivity contribution in [2.75, 3.05) is 5.32 Å². The van der Waals surface area contributed by atoms with Crippen molar-refractivity contribution in [3.63, 3.8) is 0 Å². The molecule has 0 radical (unpaired) electrons. The number of nitrogens with one attached hydrogen (secondary N) is 1. The van der Waals surface area contributed by atoms with Crippen molar-refractivity contribution in [1.82, 2.24) is 4.57 Å². The highest BCUT2D eigenvalue weighted by atomic mass is 16.4. The largest absolute Gasteiger partial charge is 0.481 e. The summed E-state index contributed by atoms with van der Waals surface area (Å²) in [6.45, 7) is 3.56. The van der Waals surface area contributed by atoms with Crippen molar-refractivity contribution >= 4 is 17.6 Å². The molecule has 1 unspecified atom stereocenters. The number of nitrogens with zero attached hydrogens (tertiary/aromatic N) is 1. The van der Waals surface area contributed by atoms with Gasteiger partial charge in [0.2, 0.25) is 0 Å². The van der Waals surface area contributed by atoms with Gasteiger partial charge in [0.15, 0.2) is 0 Å². The molecule has 2 aromatic rings. The molecule has 0 spiro atoms. The molecule has 0 aliphatic rings. The molecule has 0 aliphatic heterocycles. The van der Waals surface area contributed by atoms with Gasteiger partial charge in [-0.25, -0.2) is 0 Å². The number of benzene rings is 1. The van der Waals surface area contributed by atoms with E-state index in [9.17, 15) is 9.59 Å². The number of carbonyl (C=O) groups excluding carboxylic acids is 1. The highest BCUT2D eigenvalue weighted by Gasteiger charge is 2.14. The molecule has 1 aromatic heterocycles. The maximum absolute atomic E-state index is 12.1. The molecule has 110 valence electrons. The lowest BCUT2D eigenvalue weighted by molar-refractivity contribution is -0.138. The first kappa shape index (κ1) is 14.8. The van der Waals surface area contributed by atoms with Gasteiger partial charge in [0.1, 0.15) is 5.69 Å². The lowest BCUT2D eigenvalue weighted by atomic mass is 10.0. The first-order valence-electron chi connectivity index (χ1n) is 6.66. The van der Waals surface area contributed by atoms with Crippen LogP contribution in [0.4, 0.5) is 5.69 Å². The fraction of sp³-hybridized carbons (Fsp3) is 0.250. The third-order valence-electron chi connectivity index (χ3n) is 3.64. The van der Waals surface area contributed by atoms with Gasteiger partial charge >= 0.3 is 5.97 Å². The van der Waals surface area contributed by atoms with E-state index in [1.54, 1.807) is 37.3 Å². The predicted octanol–water partition coefficient (Wildman–Crippen LogP) is 2.77. The Morgan fingerprint density at radius 1 is 1.14 bits per heavy atom. The topological polar surface area (TPSA) is 71.3 Å². The molecule has 1 amide bonds. The average Bonchev–Trinajstić information content (AvgIpc) is 2.79. The molecule has 1 atom stereocenters. The Kier molecular flexibility index (Phi) is 4.12. The molecule has 0 fully saturated rings. The molecule has 2 N–H and O–H groups in total. The minimum Gasteiger partial charge on any atom is -0.481 e. The predicted molar refractivity (Wildman–Crippen MR) is 80.6 cm³/mol. The van der Waals surface area contributed by atoms with Crippen LogP contribution in [0, 0.1) is 6.92 Å².